The Kier molecular flexibility index (Phi) is 6.89. The minimum atomic E-state index is -0.352. The number of benzene rings is 1. The van der Waals surface area contributed by atoms with Gasteiger partial charge in [-0.2, -0.15) is 0 Å². The topological polar surface area (TPSA) is 29.1 Å². The van der Waals surface area contributed by atoms with Crippen LogP contribution in [0.2, 0.25) is 0 Å². The summed E-state index contributed by atoms with van der Waals surface area (Å²) in [5.74, 6) is 1.74. The Morgan fingerprint density at radius 3 is 2.21 bits per heavy atom. The van der Waals surface area contributed by atoms with E-state index in [-0.39, 0.29) is 11.3 Å². The first-order valence-electron chi connectivity index (χ1n) is 9.81. The molecule has 1 N–H and O–H groups in total. The van der Waals surface area contributed by atoms with Crippen molar-refractivity contribution >= 4 is 11.6 Å². The molecule has 0 atom stereocenters. The maximum atomic E-state index is 12.1. The van der Waals surface area contributed by atoms with Crippen LogP contribution in [-0.2, 0) is 4.79 Å². The Morgan fingerprint density at radius 2 is 1.67 bits per heavy atom. The van der Waals surface area contributed by atoms with Gasteiger partial charge in [0, 0.05) is 11.1 Å². The maximum absolute atomic E-state index is 12.1. The standard InChI is InChI=1S/C22H35NO/c1-5-6-7-8-17-9-11-18(12-10-17)19-13-15-20(16-14-19)23-21(24)22(2,3)4/h13-18H,5-12H2,1-4H3,(H,23,24). The van der Waals surface area contributed by atoms with Gasteiger partial charge in [-0.3, -0.25) is 4.79 Å². The monoisotopic (exact) mass is 329 g/mol. The van der Waals surface area contributed by atoms with E-state index in [4.69, 9.17) is 0 Å². The molecule has 0 saturated heterocycles. The van der Waals surface area contributed by atoms with Gasteiger partial charge in [0.25, 0.3) is 0 Å². The summed E-state index contributed by atoms with van der Waals surface area (Å²) in [6, 6.07) is 8.54. The molecule has 1 aliphatic rings. The minimum absolute atomic E-state index is 0.0721. The summed E-state index contributed by atoms with van der Waals surface area (Å²) in [5.41, 5.74) is 2.00. The van der Waals surface area contributed by atoms with Crippen molar-refractivity contribution in [1.29, 1.82) is 0 Å². The number of carbonyl (C=O) groups excluding carboxylic acids is 1. The highest BCUT2D eigenvalue weighted by Crippen LogP contribution is 2.38. The lowest BCUT2D eigenvalue weighted by atomic mass is 9.77. The third kappa shape index (κ3) is 5.65. The number of hydrogen-bond donors (Lipinski definition) is 1. The molecule has 0 bridgehead atoms. The molecule has 0 aromatic heterocycles. The van der Waals surface area contributed by atoms with Crippen molar-refractivity contribution in [3.05, 3.63) is 29.8 Å². The van der Waals surface area contributed by atoms with E-state index in [0.717, 1.165) is 11.6 Å². The Bertz CT molecular complexity index is 504. The predicted octanol–water partition coefficient (Wildman–Crippen LogP) is 6.53. The van der Waals surface area contributed by atoms with E-state index in [1.807, 2.05) is 20.8 Å². The lowest BCUT2D eigenvalue weighted by Gasteiger charge is -2.29. The minimum Gasteiger partial charge on any atom is -0.326 e. The van der Waals surface area contributed by atoms with Gasteiger partial charge in [-0.05, 0) is 55.2 Å². The lowest BCUT2D eigenvalue weighted by molar-refractivity contribution is -0.123. The first kappa shape index (κ1) is 19.0. The van der Waals surface area contributed by atoms with Gasteiger partial charge < -0.3 is 5.32 Å². The summed E-state index contributed by atoms with van der Waals surface area (Å²) in [6.45, 7) is 8.10. The van der Waals surface area contributed by atoms with Gasteiger partial charge in [0.15, 0.2) is 0 Å². The van der Waals surface area contributed by atoms with E-state index < -0.39 is 0 Å². The molecule has 1 saturated carbocycles. The molecular formula is C22H35NO. The van der Waals surface area contributed by atoms with Crippen LogP contribution >= 0.6 is 0 Å². The Balaban J connectivity index is 1.83. The van der Waals surface area contributed by atoms with E-state index in [1.165, 1.54) is 56.9 Å². The maximum Gasteiger partial charge on any atom is 0.229 e. The van der Waals surface area contributed by atoms with Crippen LogP contribution in [0.25, 0.3) is 0 Å². The van der Waals surface area contributed by atoms with Gasteiger partial charge in [0.2, 0.25) is 5.91 Å². The second-order valence-corrected chi connectivity index (χ2v) is 8.54. The average molecular weight is 330 g/mol. The fourth-order valence-electron chi connectivity index (χ4n) is 3.62. The van der Waals surface area contributed by atoms with Gasteiger partial charge in [0.05, 0.1) is 0 Å². The number of rotatable bonds is 6. The Hall–Kier alpha value is -1.31. The zero-order valence-electron chi connectivity index (χ0n) is 16.0. The third-order valence-electron chi connectivity index (χ3n) is 5.38. The number of amides is 1. The number of hydrogen-bond acceptors (Lipinski definition) is 1. The molecule has 0 heterocycles. The van der Waals surface area contributed by atoms with E-state index in [0.29, 0.717) is 5.92 Å². The normalized spacial score (nSPS) is 21.5. The largest absolute Gasteiger partial charge is 0.326 e. The molecule has 0 spiro atoms. The summed E-state index contributed by atoms with van der Waals surface area (Å²) in [6.07, 6.45) is 11.0. The molecule has 1 fully saturated rings. The molecular weight excluding hydrogens is 294 g/mol. The number of nitrogens with one attached hydrogen (secondary N) is 1. The predicted molar refractivity (Wildman–Crippen MR) is 103 cm³/mol. The highest BCUT2D eigenvalue weighted by Gasteiger charge is 2.23. The van der Waals surface area contributed by atoms with Crippen molar-refractivity contribution in [2.45, 2.75) is 85.0 Å². The van der Waals surface area contributed by atoms with Crippen molar-refractivity contribution in [2.75, 3.05) is 5.32 Å². The number of unbranched alkanes of at least 4 members (excludes halogenated alkanes) is 2. The molecule has 0 aliphatic heterocycles. The van der Waals surface area contributed by atoms with Crippen molar-refractivity contribution in [1.82, 2.24) is 0 Å². The second kappa shape index (κ2) is 8.69. The van der Waals surface area contributed by atoms with E-state index >= 15 is 0 Å². The molecule has 134 valence electrons. The summed E-state index contributed by atoms with van der Waals surface area (Å²) in [5, 5.41) is 3.01. The van der Waals surface area contributed by atoms with Crippen LogP contribution in [0.5, 0.6) is 0 Å². The van der Waals surface area contributed by atoms with Crippen molar-refractivity contribution in [3.63, 3.8) is 0 Å². The van der Waals surface area contributed by atoms with Crippen LogP contribution in [-0.4, -0.2) is 5.91 Å². The highest BCUT2D eigenvalue weighted by molar-refractivity contribution is 5.94. The molecule has 1 aliphatic carbocycles. The first-order chi connectivity index (χ1) is 11.4. The van der Waals surface area contributed by atoms with Crippen LogP contribution in [0.15, 0.2) is 24.3 Å². The van der Waals surface area contributed by atoms with Crippen molar-refractivity contribution in [2.24, 2.45) is 11.3 Å². The summed E-state index contributed by atoms with van der Waals surface area (Å²) in [4.78, 5) is 12.1. The molecule has 0 radical (unpaired) electrons. The smallest absolute Gasteiger partial charge is 0.229 e. The van der Waals surface area contributed by atoms with Gasteiger partial charge in [-0.25, -0.2) is 0 Å². The van der Waals surface area contributed by atoms with Crippen LogP contribution in [0, 0.1) is 11.3 Å². The summed E-state index contributed by atoms with van der Waals surface area (Å²) >= 11 is 0. The van der Waals surface area contributed by atoms with E-state index in [1.54, 1.807) is 0 Å². The Morgan fingerprint density at radius 1 is 1.04 bits per heavy atom. The van der Waals surface area contributed by atoms with Crippen LogP contribution in [0.3, 0.4) is 0 Å². The fourth-order valence-corrected chi connectivity index (χ4v) is 3.62. The first-order valence-corrected chi connectivity index (χ1v) is 9.81. The Labute approximate surface area is 148 Å². The van der Waals surface area contributed by atoms with E-state index in [2.05, 4.69) is 36.5 Å². The van der Waals surface area contributed by atoms with Gasteiger partial charge >= 0.3 is 0 Å². The van der Waals surface area contributed by atoms with Gasteiger partial charge in [-0.1, -0.05) is 65.5 Å². The number of carbonyl (C=O) groups is 1. The van der Waals surface area contributed by atoms with Gasteiger partial charge in [-0.15, -0.1) is 0 Å². The zero-order valence-corrected chi connectivity index (χ0v) is 16.0. The fraction of sp³-hybridized carbons (Fsp3) is 0.682. The highest BCUT2D eigenvalue weighted by atomic mass is 16.2. The zero-order chi connectivity index (χ0) is 17.6. The van der Waals surface area contributed by atoms with Crippen LogP contribution < -0.4 is 5.32 Å². The molecule has 1 aromatic rings. The molecule has 0 unspecified atom stereocenters. The second-order valence-electron chi connectivity index (χ2n) is 8.54. The molecule has 2 heteroatoms. The van der Waals surface area contributed by atoms with E-state index in [9.17, 15) is 4.79 Å². The third-order valence-corrected chi connectivity index (χ3v) is 5.38. The number of anilines is 1. The summed E-state index contributed by atoms with van der Waals surface area (Å²) in [7, 11) is 0. The van der Waals surface area contributed by atoms with Crippen molar-refractivity contribution < 1.29 is 4.79 Å². The SMILES string of the molecule is CCCCCC1CCC(c2ccc(NC(=O)C(C)(C)C)cc2)CC1. The summed E-state index contributed by atoms with van der Waals surface area (Å²) < 4.78 is 0. The molecule has 2 nitrogen and oxygen atoms in total. The van der Waals surface area contributed by atoms with Crippen molar-refractivity contribution in [3.8, 4) is 0 Å². The molecule has 24 heavy (non-hydrogen) atoms. The molecule has 2 rings (SSSR count). The molecule has 1 aromatic carbocycles. The lowest BCUT2D eigenvalue weighted by Crippen LogP contribution is -2.27. The molecule has 1 amide bonds. The average Bonchev–Trinajstić information content (AvgIpc) is 2.56. The van der Waals surface area contributed by atoms with Gasteiger partial charge in [0.1, 0.15) is 0 Å². The van der Waals surface area contributed by atoms with Crippen LogP contribution in [0.1, 0.15) is 90.5 Å². The van der Waals surface area contributed by atoms with Crippen LogP contribution in [0.4, 0.5) is 5.69 Å². The quantitative estimate of drug-likeness (QED) is 0.591.